The van der Waals surface area contributed by atoms with Gasteiger partial charge in [-0.1, -0.05) is 24.1 Å². The zero-order chi connectivity index (χ0) is 12.7. The van der Waals surface area contributed by atoms with E-state index in [4.69, 9.17) is 11.6 Å². The molecule has 2 aromatic rings. The number of hydrogen-bond donors (Lipinski definition) is 0. The normalized spacial score (nSPS) is 15.5. The maximum Gasteiger partial charge on any atom is 0.149 e. The molecule has 1 aliphatic carbocycles. The van der Waals surface area contributed by atoms with Crippen molar-refractivity contribution in [1.29, 1.82) is 0 Å². The molecule has 0 radical (unpaired) electrons. The Kier molecular flexibility index (Phi) is 2.98. The van der Waals surface area contributed by atoms with Crippen molar-refractivity contribution in [2.45, 2.75) is 39.0 Å². The minimum Gasteiger partial charge on any atom is -0.249 e. The molecule has 18 heavy (non-hydrogen) atoms. The first-order valence-corrected chi connectivity index (χ1v) is 6.82. The fraction of sp³-hybridized carbons (Fsp3) is 0.400. The molecule has 0 saturated carbocycles. The summed E-state index contributed by atoms with van der Waals surface area (Å²) in [5.74, 6) is -0.274. The summed E-state index contributed by atoms with van der Waals surface area (Å²) in [5.41, 5.74) is 3.56. The van der Waals surface area contributed by atoms with E-state index in [0.717, 1.165) is 47.9 Å². The van der Waals surface area contributed by atoms with Crippen LogP contribution in [0.5, 0.6) is 0 Å². The van der Waals surface area contributed by atoms with Gasteiger partial charge in [-0.15, -0.1) is 0 Å². The standard InChI is InChI=1S/C15H15ClFN/c1-9-7-8-11(17)15-13(9)14(16)10-5-3-2-4-6-12(10)18-15/h7-8H,2-6H2,1H3. The van der Waals surface area contributed by atoms with E-state index in [9.17, 15) is 4.39 Å². The van der Waals surface area contributed by atoms with Crippen LogP contribution in [0.4, 0.5) is 4.39 Å². The summed E-state index contributed by atoms with van der Waals surface area (Å²) in [7, 11) is 0. The van der Waals surface area contributed by atoms with Gasteiger partial charge < -0.3 is 0 Å². The molecule has 1 aliphatic rings. The summed E-state index contributed by atoms with van der Waals surface area (Å²) in [6.07, 6.45) is 5.35. The molecular weight excluding hydrogens is 249 g/mol. The first-order chi connectivity index (χ1) is 8.68. The minimum absolute atomic E-state index is 0.274. The van der Waals surface area contributed by atoms with Gasteiger partial charge in [0.25, 0.3) is 0 Å². The van der Waals surface area contributed by atoms with Gasteiger partial charge in [0.1, 0.15) is 11.3 Å². The maximum atomic E-state index is 13.9. The molecule has 0 aliphatic heterocycles. The lowest BCUT2D eigenvalue weighted by molar-refractivity contribution is 0.635. The van der Waals surface area contributed by atoms with Crippen molar-refractivity contribution in [3.63, 3.8) is 0 Å². The highest BCUT2D eigenvalue weighted by Crippen LogP contribution is 2.34. The van der Waals surface area contributed by atoms with Gasteiger partial charge in [0.05, 0.1) is 5.02 Å². The van der Waals surface area contributed by atoms with Crippen molar-refractivity contribution in [1.82, 2.24) is 4.98 Å². The van der Waals surface area contributed by atoms with Gasteiger partial charge in [-0.25, -0.2) is 9.37 Å². The second-order valence-corrected chi connectivity index (χ2v) is 5.38. The third-order valence-corrected chi connectivity index (χ3v) is 4.17. The van der Waals surface area contributed by atoms with Gasteiger partial charge in [0, 0.05) is 11.1 Å². The molecular formula is C15H15ClFN. The zero-order valence-electron chi connectivity index (χ0n) is 10.4. The van der Waals surface area contributed by atoms with Crippen LogP contribution in [-0.4, -0.2) is 4.98 Å². The van der Waals surface area contributed by atoms with E-state index in [1.54, 1.807) is 6.07 Å². The lowest BCUT2D eigenvalue weighted by atomic mass is 10.0. The monoisotopic (exact) mass is 263 g/mol. The summed E-state index contributed by atoms with van der Waals surface area (Å²) in [5, 5.41) is 1.51. The number of benzene rings is 1. The largest absolute Gasteiger partial charge is 0.249 e. The molecule has 0 atom stereocenters. The number of nitrogens with zero attached hydrogens (tertiary/aromatic N) is 1. The summed E-state index contributed by atoms with van der Waals surface area (Å²) in [6.45, 7) is 1.96. The Morgan fingerprint density at radius 2 is 1.94 bits per heavy atom. The van der Waals surface area contributed by atoms with Crippen molar-refractivity contribution in [3.05, 3.63) is 39.8 Å². The molecule has 0 bridgehead atoms. The number of fused-ring (bicyclic) bond motifs is 2. The molecule has 0 saturated heterocycles. The predicted octanol–water partition coefficient (Wildman–Crippen LogP) is 4.60. The Labute approximate surface area is 111 Å². The number of rotatable bonds is 0. The summed E-state index contributed by atoms with van der Waals surface area (Å²) >= 11 is 6.50. The number of aromatic nitrogens is 1. The smallest absolute Gasteiger partial charge is 0.149 e. The zero-order valence-corrected chi connectivity index (χ0v) is 11.1. The average molecular weight is 264 g/mol. The lowest BCUT2D eigenvalue weighted by Gasteiger charge is -2.12. The average Bonchev–Trinajstić information content (AvgIpc) is 2.59. The number of hydrogen-bond acceptors (Lipinski definition) is 1. The summed E-state index contributed by atoms with van der Waals surface area (Å²) in [6, 6.07) is 3.25. The highest BCUT2D eigenvalue weighted by molar-refractivity contribution is 6.36. The van der Waals surface area contributed by atoms with Gasteiger partial charge in [0.15, 0.2) is 0 Å². The van der Waals surface area contributed by atoms with Crippen LogP contribution in [0.2, 0.25) is 5.02 Å². The second-order valence-electron chi connectivity index (χ2n) is 5.00. The number of halogens is 2. The fourth-order valence-electron chi connectivity index (χ4n) is 2.76. The van der Waals surface area contributed by atoms with Crippen LogP contribution >= 0.6 is 11.6 Å². The van der Waals surface area contributed by atoms with Gasteiger partial charge >= 0.3 is 0 Å². The Morgan fingerprint density at radius 3 is 2.78 bits per heavy atom. The van der Waals surface area contributed by atoms with E-state index >= 15 is 0 Å². The Balaban J connectivity index is 2.38. The fourth-order valence-corrected chi connectivity index (χ4v) is 3.21. The van der Waals surface area contributed by atoms with Crippen LogP contribution in [-0.2, 0) is 12.8 Å². The molecule has 0 amide bonds. The topological polar surface area (TPSA) is 12.9 Å². The van der Waals surface area contributed by atoms with E-state index in [1.165, 1.54) is 12.5 Å². The summed E-state index contributed by atoms with van der Waals surface area (Å²) in [4.78, 5) is 4.54. The first kappa shape index (κ1) is 11.9. The third-order valence-electron chi connectivity index (χ3n) is 3.76. The van der Waals surface area contributed by atoms with Crippen molar-refractivity contribution in [2.75, 3.05) is 0 Å². The van der Waals surface area contributed by atoms with Crippen molar-refractivity contribution in [3.8, 4) is 0 Å². The third kappa shape index (κ3) is 1.79. The van der Waals surface area contributed by atoms with Crippen LogP contribution in [0.3, 0.4) is 0 Å². The molecule has 0 spiro atoms. The second kappa shape index (κ2) is 4.51. The van der Waals surface area contributed by atoms with E-state index in [2.05, 4.69) is 4.98 Å². The molecule has 1 aromatic heterocycles. The van der Waals surface area contributed by atoms with Crippen LogP contribution < -0.4 is 0 Å². The van der Waals surface area contributed by atoms with Gasteiger partial charge in [-0.05, 0) is 49.8 Å². The van der Waals surface area contributed by atoms with Gasteiger partial charge in [0.2, 0.25) is 0 Å². The maximum absolute atomic E-state index is 13.9. The molecule has 94 valence electrons. The Morgan fingerprint density at radius 1 is 1.17 bits per heavy atom. The molecule has 1 aromatic carbocycles. The molecule has 0 N–H and O–H groups in total. The van der Waals surface area contributed by atoms with Crippen LogP contribution in [0.25, 0.3) is 10.9 Å². The van der Waals surface area contributed by atoms with E-state index in [1.807, 2.05) is 6.92 Å². The molecule has 3 rings (SSSR count). The number of aryl methyl sites for hydroxylation is 2. The van der Waals surface area contributed by atoms with Crippen molar-refractivity contribution >= 4 is 22.5 Å². The van der Waals surface area contributed by atoms with Crippen LogP contribution in [0.15, 0.2) is 12.1 Å². The van der Waals surface area contributed by atoms with E-state index in [-0.39, 0.29) is 5.82 Å². The molecule has 0 fully saturated rings. The molecule has 0 unspecified atom stereocenters. The van der Waals surface area contributed by atoms with Crippen molar-refractivity contribution < 1.29 is 4.39 Å². The quantitative estimate of drug-likeness (QED) is 0.633. The summed E-state index contributed by atoms with van der Waals surface area (Å²) < 4.78 is 13.9. The highest BCUT2D eigenvalue weighted by atomic mass is 35.5. The molecule has 1 heterocycles. The lowest BCUT2D eigenvalue weighted by Crippen LogP contribution is -2.00. The highest BCUT2D eigenvalue weighted by Gasteiger charge is 2.18. The Bertz CT molecular complexity index is 622. The molecule has 3 heteroatoms. The Hall–Kier alpha value is -1.15. The molecule has 1 nitrogen and oxygen atoms in total. The van der Waals surface area contributed by atoms with Crippen LogP contribution in [0, 0.1) is 12.7 Å². The van der Waals surface area contributed by atoms with E-state index in [0.29, 0.717) is 10.5 Å². The van der Waals surface area contributed by atoms with Gasteiger partial charge in [-0.2, -0.15) is 0 Å². The minimum atomic E-state index is -0.274. The van der Waals surface area contributed by atoms with Crippen molar-refractivity contribution in [2.24, 2.45) is 0 Å². The predicted molar refractivity (Wildman–Crippen MR) is 72.7 cm³/mol. The first-order valence-electron chi connectivity index (χ1n) is 6.44. The van der Waals surface area contributed by atoms with Gasteiger partial charge in [-0.3, -0.25) is 0 Å². The number of pyridine rings is 1. The van der Waals surface area contributed by atoms with Crippen LogP contribution in [0.1, 0.15) is 36.1 Å². The SMILES string of the molecule is Cc1ccc(F)c2nc3c(c(Cl)c12)CCCCC3. The van der Waals surface area contributed by atoms with E-state index < -0.39 is 0 Å².